The Labute approximate surface area is 187 Å². The molecule has 0 unspecified atom stereocenters. The Hall–Kier alpha value is -1.88. The number of amides is 1. The lowest BCUT2D eigenvalue weighted by Gasteiger charge is -2.42. The van der Waals surface area contributed by atoms with E-state index in [2.05, 4.69) is 59.8 Å². The van der Waals surface area contributed by atoms with Crippen LogP contribution in [0, 0.1) is 5.41 Å². The molecule has 1 aliphatic heterocycles. The van der Waals surface area contributed by atoms with Crippen molar-refractivity contribution in [2.24, 2.45) is 5.41 Å². The summed E-state index contributed by atoms with van der Waals surface area (Å²) in [6.07, 6.45) is 4.81. The average Bonchev–Trinajstić information content (AvgIpc) is 3.09. The second-order valence-electron chi connectivity index (χ2n) is 12.1. The SMILES string of the molecule is CC1(C)CCC(c2cc(C(C)(C)C)c3oc(C(=O)N4CCNCC4(C)C)cc3n2)CC1. The summed E-state index contributed by atoms with van der Waals surface area (Å²) in [5.74, 6) is 0.856. The molecule has 2 aromatic heterocycles. The molecule has 4 rings (SSSR count). The van der Waals surface area contributed by atoms with Crippen molar-refractivity contribution < 1.29 is 9.21 Å². The highest BCUT2D eigenvalue weighted by Gasteiger charge is 2.36. The van der Waals surface area contributed by atoms with Crippen molar-refractivity contribution >= 4 is 17.0 Å². The van der Waals surface area contributed by atoms with Crippen molar-refractivity contribution in [1.29, 1.82) is 0 Å². The lowest BCUT2D eigenvalue weighted by atomic mass is 9.72. The molecule has 0 atom stereocenters. The fourth-order valence-corrected chi connectivity index (χ4v) is 5.10. The molecule has 2 aromatic rings. The van der Waals surface area contributed by atoms with Gasteiger partial charge in [-0.05, 0) is 56.4 Å². The molecule has 0 radical (unpaired) electrons. The molecular formula is C26H39N3O2. The van der Waals surface area contributed by atoms with Crippen LogP contribution in [0.1, 0.15) is 102 Å². The molecule has 0 aromatic carbocycles. The molecule has 1 saturated heterocycles. The van der Waals surface area contributed by atoms with E-state index in [4.69, 9.17) is 9.40 Å². The standard InChI is InChI=1S/C26H39N3O2/c1-24(2,3)18-14-19(17-8-10-25(4,5)11-9-17)28-20-15-21(31-22(18)20)23(30)29-13-12-27-16-26(29,6)7/h14-15,17,27H,8-13,16H2,1-7H3. The number of hydrogen-bond acceptors (Lipinski definition) is 4. The molecule has 1 N–H and O–H groups in total. The van der Waals surface area contributed by atoms with Crippen molar-refractivity contribution in [3.8, 4) is 0 Å². The Morgan fingerprint density at radius 1 is 1.16 bits per heavy atom. The zero-order valence-electron chi connectivity index (χ0n) is 20.4. The third-order valence-corrected chi connectivity index (χ3v) is 7.32. The molecule has 1 amide bonds. The summed E-state index contributed by atoms with van der Waals surface area (Å²) in [4.78, 5) is 20.3. The Kier molecular flexibility index (Phi) is 5.48. The molecule has 5 heteroatoms. The molecule has 5 nitrogen and oxygen atoms in total. The number of nitrogens with zero attached hydrogens (tertiary/aromatic N) is 2. The molecule has 170 valence electrons. The number of piperazine rings is 1. The largest absolute Gasteiger partial charge is 0.449 e. The number of aromatic nitrogens is 1. The third kappa shape index (κ3) is 4.39. The van der Waals surface area contributed by atoms with E-state index in [-0.39, 0.29) is 16.9 Å². The van der Waals surface area contributed by atoms with Gasteiger partial charge in [-0.2, -0.15) is 0 Å². The maximum absolute atomic E-state index is 13.4. The maximum atomic E-state index is 13.4. The zero-order chi connectivity index (χ0) is 22.6. The molecule has 1 saturated carbocycles. The van der Waals surface area contributed by atoms with E-state index in [1.807, 2.05) is 11.0 Å². The second kappa shape index (κ2) is 7.61. The number of carbonyl (C=O) groups excluding carboxylic acids is 1. The first-order valence-electron chi connectivity index (χ1n) is 11.9. The summed E-state index contributed by atoms with van der Waals surface area (Å²) in [6.45, 7) is 17.8. The van der Waals surface area contributed by atoms with Crippen LogP contribution in [0.3, 0.4) is 0 Å². The first-order chi connectivity index (χ1) is 14.4. The van der Waals surface area contributed by atoms with Crippen LogP contribution >= 0.6 is 0 Å². The van der Waals surface area contributed by atoms with Crippen molar-refractivity contribution in [2.45, 2.75) is 91.0 Å². The van der Waals surface area contributed by atoms with Crippen LogP contribution in [-0.2, 0) is 5.41 Å². The van der Waals surface area contributed by atoms with Crippen LogP contribution in [0.4, 0.5) is 0 Å². The first kappa shape index (κ1) is 22.3. The predicted molar refractivity (Wildman–Crippen MR) is 126 cm³/mol. The van der Waals surface area contributed by atoms with Gasteiger partial charge >= 0.3 is 0 Å². The van der Waals surface area contributed by atoms with Crippen LogP contribution in [0.15, 0.2) is 16.5 Å². The van der Waals surface area contributed by atoms with E-state index >= 15 is 0 Å². The van der Waals surface area contributed by atoms with Crippen LogP contribution in [-0.4, -0.2) is 41.0 Å². The van der Waals surface area contributed by atoms with Crippen LogP contribution in [0.2, 0.25) is 0 Å². The number of nitrogens with one attached hydrogen (secondary N) is 1. The number of furan rings is 1. The normalized spacial score (nSPS) is 22.1. The van der Waals surface area contributed by atoms with Crippen LogP contribution in [0.25, 0.3) is 11.1 Å². The summed E-state index contributed by atoms with van der Waals surface area (Å²) < 4.78 is 6.24. The highest BCUT2D eigenvalue weighted by atomic mass is 16.3. The van der Waals surface area contributed by atoms with Gasteiger partial charge in [-0.1, -0.05) is 34.6 Å². The lowest BCUT2D eigenvalue weighted by Crippen LogP contribution is -2.59. The fourth-order valence-electron chi connectivity index (χ4n) is 5.10. The summed E-state index contributed by atoms with van der Waals surface area (Å²) >= 11 is 0. The Morgan fingerprint density at radius 2 is 1.84 bits per heavy atom. The van der Waals surface area contributed by atoms with E-state index in [9.17, 15) is 4.79 Å². The number of hydrogen-bond donors (Lipinski definition) is 1. The Bertz CT molecular complexity index is 970. The molecule has 1 aliphatic carbocycles. The maximum Gasteiger partial charge on any atom is 0.290 e. The van der Waals surface area contributed by atoms with Gasteiger partial charge < -0.3 is 14.6 Å². The molecular weight excluding hydrogens is 386 g/mol. The Balaban J connectivity index is 1.73. The van der Waals surface area contributed by atoms with E-state index in [1.54, 1.807) is 0 Å². The molecule has 2 aliphatic rings. The predicted octanol–water partition coefficient (Wildman–Crippen LogP) is 5.63. The van der Waals surface area contributed by atoms with Crippen LogP contribution in [0.5, 0.6) is 0 Å². The summed E-state index contributed by atoms with van der Waals surface area (Å²) in [5.41, 5.74) is 4.00. The minimum atomic E-state index is -0.241. The summed E-state index contributed by atoms with van der Waals surface area (Å²) in [7, 11) is 0. The number of rotatable bonds is 2. The highest BCUT2D eigenvalue weighted by molar-refractivity contribution is 5.96. The van der Waals surface area contributed by atoms with Gasteiger partial charge in [0.25, 0.3) is 5.91 Å². The van der Waals surface area contributed by atoms with E-state index in [0.29, 0.717) is 23.6 Å². The minimum Gasteiger partial charge on any atom is -0.449 e. The van der Waals surface area contributed by atoms with Gasteiger partial charge in [-0.25, -0.2) is 4.98 Å². The molecule has 31 heavy (non-hydrogen) atoms. The van der Waals surface area contributed by atoms with Gasteiger partial charge in [0.1, 0.15) is 5.52 Å². The van der Waals surface area contributed by atoms with Crippen LogP contribution < -0.4 is 5.32 Å². The van der Waals surface area contributed by atoms with Gasteiger partial charge in [0.2, 0.25) is 0 Å². The average molecular weight is 426 g/mol. The summed E-state index contributed by atoms with van der Waals surface area (Å²) in [5, 5.41) is 3.38. The molecule has 2 fully saturated rings. The topological polar surface area (TPSA) is 58.4 Å². The zero-order valence-corrected chi connectivity index (χ0v) is 20.4. The van der Waals surface area contributed by atoms with Crippen molar-refractivity contribution in [3.05, 3.63) is 29.2 Å². The first-order valence-corrected chi connectivity index (χ1v) is 11.9. The number of fused-ring (bicyclic) bond motifs is 1. The van der Waals surface area contributed by atoms with Crippen molar-refractivity contribution in [1.82, 2.24) is 15.2 Å². The highest BCUT2D eigenvalue weighted by Crippen LogP contribution is 2.43. The fraction of sp³-hybridized carbons (Fsp3) is 0.692. The lowest BCUT2D eigenvalue weighted by molar-refractivity contribution is 0.0448. The van der Waals surface area contributed by atoms with Gasteiger partial charge in [0.05, 0.1) is 5.54 Å². The monoisotopic (exact) mass is 425 g/mol. The number of carbonyl (C=O) groups is 1. The van der Waals surface area contributed by atoms with Gasteiger partial charge in [-0.15, -0.1) is 0 Å². The third-order valence-electron chi connectivity index (χ3n) is 7.32. The quantitative estimate of drug-likeness (QED) is 0.677. The van der Waals surface area contributed by atoms with E-state index < -0.39 is 0 Å². The van der Waals surface area contributed by atoms with Crippen molar-refractivity contribution in [3.63, 3.8) is 0 Å². The smallest absolute Gasteiger partial charge is 0.290 e. The van der Waals surface area contributed by atoms with Crippen molar-refractivity contribution in [2.75, 3.05) is 19.6 Å². The van der Waals surface area contributed by atoms with E-state index in [1.165, 1.54) is 25.7 Å². The second-order valence-corrected chi connectivity index (χ2v) is 12.1. The minimum absolute atomic E-state index is 0.0367. The van der Waals surface area contributed by atoms with E-state index in [0.717, 1.165) is 35.4 Å². The molecule has 0 spiro atoms. The van der Waals surface area contributed by atoms with Gasteiger partial charge in [0.15, 0.2) is 11.3 Å². The Morgan fingerprint density at radius 3 is 2.45 bits per heavy atom. The van der Waals surface area contributed by atoms with Gasteiger partial charge in [-0.3, -0.25) is 4.79 Å². The summed E-state index contributed by atoms with van der Waals surface area (Å²) in [6, 6.07) is 4.12. The molecule has 0 bridgehead atoms. The van der Waals surface area contributed by atoms with Gasteiger partial charge in [0, 0.05) is 42.9 Å². The number of pyridine rings is 1. The molecule has 3 heterocycles.